The van der Waals surface area contributed by atoms with E-state index in [2.05, 4.69) is 0 Å². The van der Waals surface area contributed by atoms with Gasteiger partial charge in [0.15, 0.2) is 9.84 Å². The van der Waals surface area contributed by atoms with E-state index in [0.29, 0.717) is 5.41 Å². The van der Waals surface area contributed by atoms with E-state index in [1.54, 1.807) is 18.2 Å². The Labute approximate surface area is 107 Å². The molecule has 0 saturated heterocycles. The maximum atomic E-state index is 12.8. The summed E-state index contributed by atoms with van der Waals surface area (Å²) < 4.78 is 61.3. The van der Waals surface area contributed by atoms with Crippen molar-refractivity contribution in [3.63, 3.8) is 0 Å². The average Bonchev–Trinajstić information content (AvgIpc) is 2.26. The van der Waals surface area contributed by atoms with Crippen LogP contribution in [0.2, 0.25) is 0 Å². The molecule has 1 aliphatic heterocycles. The van der Waals surface area contributed by atoms with Crippen molar-refractivity contribution in [1.29, 1.82) is 0 Å². The molecule has 8 heteroatoms. The van der Waals surface area contributed by atoms with E-state index in [-0.39, 0.29) is 11.3 Å². The van der Waals surface area contributed by atoms with Gasteiger partial charge in [-0.15, -0.1) is 0 Å². The normalized spacial score (nSPS) is 26.4. The lowest BCUT2D eigenvalue weighted by Gasteiger charge is -2.35. The first-order chi connectivity index (χ1) is 8.63. The standard InChI is InChI=1S/C11H10F3NO3S/c12-11(13,14)10(16)7-19(17,18)6-9(15-10)8-4-2-1-3-5-8/h1-6,15-16H,7H2. The Morgan fingerprint density at radius 2 is 1.79 bits per heavy atom. The van der Waals surface area contributed by atoms with Crippen LogP contribution in [0.3, 0.4) is 0 Å². The van der Waals surface area contributed by atoms with Crippen molar-refractivity contribution in [2.45, 2.75) is 11.9 Å². The van der Waals surface area contributed by atoms with E-state index in [0.717, 1.165) is 0 Å². The van der Waals surface area contributed by atoms with Crippen molar-refractivity contribution < 1.29 is 26.7 Å². The van der Waals surface area contributed by atoms with Gasteiger partial charge in [0.05, 0.1) is 11.1 Å². The monoisotopic (exact) mass is 293 g/mol. The van der Waals surface area contributed by atoms with Gasteiger partial charge in [-0.05, 0) is 5.56 Å². The molecule has 0 aromatic heterocycles. The number of halogens is 3. The van der Waals surface area contributed by atoms with Gasteiger partial charge in [0.1, 0.15) is 5.75 Å². The molecule has 2 N–H and O–H groups in total. The fourth-order valence-electron chi connectivity index (χ4n) is 1.71. The second-order valence-corrected chi connectivity index (χ2v) is 6.04. The van der Waals surface area contributed by atoms with Gasteiger partial charge in [0.25, 0.3) is 0 Å². The quantitative estimate of drug-likeness (QED) is 0.818. The molecule has 1 aliphatic rings. The highest BCUT2D eigenvalue weighted by Crippen LogP contribution is 2.35. The zero-order chi connectivity index (χ0) is 14.3. The molecular weight excluding hydrogens is 283 g/mol. The van der Waals surface area contributed by atoms with Gasteiger partial charge in [-0.25, -0.2) is 8.42 Å². The van der Waals surface area contributed by atoms with Crippen molar-refractivity contribution in [2.24, 2.45) is 0 Å². The van der Waals surface area contributed by atoms with Crippen molar-refractivity contribution in [2.75, 3.05) is 5.75 Å². The number of benzene rings is 1. The predicted molar refractivity (Wildman–Crippen MR) is 62.3 cm³/mol. The minimum absolute atomic E-state index is 0.244. The van der Waals surface area contributed by atoms with E-state index in [1.165, 1.54) is 12.1 Å². The zero-order valence-corrected chi connectivity index (χ0v) is 10.3. The molecule has 0 spiro atoms. The Kier molecular flexibility index (Phi) is 3.10. The smallest absolute Gasteiger partial charge is 0.363 e. The summed E-state index contributed by atoms with van der Waals surface area (Å²) >= 11 is 0. The van der Waals surface area contributed by atoms with Gasteiger partial charge in [-0.2, -0.15) is 13.2 Å². The van der Waals surface area contributed by atoms with Crippen LogP contribution in [-0.4, -0.2) is 31.2 Å². The van der Waals surface area contributed by atoms with Crippen LogP contribution in [0.1, 0.15) is 5.56 Å². The lowest BCUT2D eigenvalue weighted by molar-refractivity contribution is -0.258. The maximum absolute atomic E-state index is 12.8. The third-order valence-electron chi connectivity index (χ3n) is 2.60. The molecule has 19 heavy (non-hydrogen) atoms. The van der Waals surface area contributed by atoms with Gasteiger partial charge < -0.3 is 10.4 Å². The lowest BCUT2D eigenvalue weighted by Crippen LogP contribution is -2.61. The summed E-state index contributed by atoms with van der Waals surface area (Å²) in [6.07, 6.45) is -5.10. The topological polar surface area (TPSA) is 66.4 Å². The highest BCUT2D eigenvalue weighted by molar-refractivity contribution is 7.94. The first-order valence-electron chi connectivity index (χ1n) is 5.20. The number of hydrogen-bond donors (Lipinski definition) is 2. The lowest BCUT2D eigenvalue weighted by atomic mass is 10.1. The van der Waals surface area contributed by atoms with Crippen LogP contribution in [0.15, 0.2) is 35.7 Å². The fourth-order valence-corrected chi connectivity index (χ4v) is 3.17. The van der Waals surface area contributed by atoms with Crippen LogP contribution in [0.4, 0.5) is 13.2 Å². The highest BCUT2D eigenvalue weighted by atomic mass is 32.2. The average molecular weight is 293 g/mol. The molecule has 1 unspecified atom stereocenters. The third kappa shape index (κ3) is 2.74. The molecule has 0 radical (unpaired) electrons. The number of nitrogens with one attached hydrogen (secondary N) is 1. The predicted octanol–water partition coefficient (Wildman–Crippen LogP) is 1.25. The third-order valence-corrected chi connectivity index (χ3v) is 4.02. The van der Waals surface area contributed by atoms with Gasteiger partial charge in [0, 0.05) is 0 Å². The van der Waals surface area contributed by atoms with Gasteiger partial charge in [0.2, 0.25) is 5.72 Å². The molecule has 1 aromatic carbocycles. The van der Waals surface area contributed by atoms with Crippen LogP contribution in [0.25, 0.3) is 5.70 Å². The first kappa shape index (κ1) is 13.9. The fraction of sp³-hybridized carbons (Fsp3) is 0.273. The molecule has 2 rings (SSSR count). The summed E-state index contributed by atoms with van der Waals surface area (Å²) in [5.74, 6) is -1.44. The molecule has 1 atom stereocenters. The summed E-state index contributed by atoms with van der Waals surface area (Å²) in [4.78, 5) is 0. The minimum atomic E-state index is -5.10. The first-order valence-corrected chi connectivity index (χ1v) is 6.92. The van der Waals surface area contributed by atoms with E-state index in [1.807, 2.05) is 5.32 Å². The van der Waals surface area contributed by atoms with Crippen molar-refractivity contribution in [3.8, 4) is 0 Å². The Balaban J connectivity index is 2.50. The number of rotatable bonds is 1. The van der Waals surface area contributed by atoms with Crippen LogP contribution in [0, 0.1) is 0 Å². The summed E-state index contributed by atoms with van der Waals surface area (Å²) in [6.45, 7) is 0. The van der Waals surface area contributed by atoms with Crippen LogP contribution in [-0.2, 0) is 9.84 Å². The minimum Gasteiger partial charge on any atom is -0.363 e. The Bertz CT molecular complexity index is 610. The zero-order valence-electron chi connectivity index (χ0n) is 9.48. The van der Waals surface area contributed by atoms with E-state index in [4.69, 9.17) is 0 Å². The second-order valence-electron chi connectivity index (χ2n) is 4.19. The molecule has 104 valence electrons. The SMILES string of the molecule is O=S1(=O)C=C(c2ccccc2)NC(O)(C(F)(F)F)C1. The van der Waals surface area contributed by atoms with Crippen molar-refractivity contribution >= 4 is 15.5 Å². The van der Waals surface area contributed by atoms with Crippen LogP contribution < -0.4 is 5.32 Å². The molecule has 1 heterocycles. The molecule has 0 fully saturated rings. The summed E-state index contributed by atoms with van der Waals surface area (Å²) in [6, 6.07) is 7.61. The second kappa shape index (κ2) is 4.24. The van der Waals surface area contributed by atoms with Gasteiger partial charge >= 0.3 is 6.18 Å². The molecule has 4 nitrogen and oxygen atoms in total. The number of aliphatic hydroxyl groups is 1. The highest BCUT2D eigenvalue weighted by Gasteiger charge is 2.58. The van der Waals surface area contributed by atoms with E-state index < -0.39 is 27.5 Å². The molecule has 0 bridgehead atoms. The summed E-state index contributed by atoms with van der Waals surface area (Å²) in [7, 11) is -4.17. The number of hydrogen-bond acceptors (Lipinski definition) is 4. The van der Waals surface area contributed by atoms with Crippen LogP contribution >= 0.6 is 0 Å². The summed E-state index contributed by atoms with van der Waals surface area (Å²) in [5, 5.41) is 12.1. The largest absolute Gasteiger partial charge is 0.437 e. The van der Waals surface area contributed by atoms with Gasteiger partial charge in [-0.3, -0.25) is 0 Å². The van der Waals surface area contributed by atoms with Gasteiger partial charge in [-0.1, -0.05) is 30.3 Å². The van der Waals surface area contributed by atoms with Crippen molar-refractivity contribution in [3.05, 3.63) is 41.3 Å². The summed E-state index contributed by atoms with van der Waals surface area (Å²) in [5.41, 5.74) is -3.52. The molecule has 0 amide bonds. The molecule has 0 aliphatic carbocycles. The van der Waals surface area contributed by atoms with E-state index >= 15 is 0 Å². The molecule has 0 saturated carbocycles. The Morgan fingerprint density at radius 3 is 2.32 bits per heavy atom. The molecule has 1 aromatic rings. The van der Waals surface area contributed by atoms with E-state index in [9.17, 15) is 26.7 Å². The van der Waals surface area contributed by atoms with Crippen molar-refractivity contribution in [1.82, 2.24) is 5.32 Å². The van der Waals surface area contributed by atoms with Crippen LogP contribution in [0.5, 0.6) is 0 Å². The maximum Gasteiger partial charge on any atom is 0.437 e. The Hall–Kier alpha value is -1.54. The number of alkyl halides is 3. The molecular formula is C11H10F3NO3S. The number of sulfone groups is 1. The Morgan fingerprint density at radius 1 is 1.21 bits per heavy atom.